The number of carbonyl (C=O) groups is 2. The molecule has 0 aliphatic carbocycles. The highest BCUT2D eigenvalue weighted by Gasteiger charge is 2.41. The molecule has 0 aromatic carbocycles. The van der Waals surface area contributed by atoms with Crippen molar-refractivity contribution in [3.63, 3.8) is 0 Å². The number of nitrogens with zero attached hydrogens (tertiary/aromatic N) is 4. The smallest absolute Gasteiger partial charge is 0.475 e. The average Bonchev–Trinajstić information content (AvgIpc) is 3.29. The second-order valence-corrected chi connectivity index (χ2v) is 8.17. The topological polar surface area (TPSA) is 95.9 Å². The predicted molar refractivity (Wildman–Crippen MR) is 106 cm³/mol. The molecule has 0 bridgehead atoms. The molecule has 1 amide bonds. The van der Waals surface area contributed by atoms with E-state index in [1.54, 1.807) is 0 Å². The van der Waals surface area contributed by atoms with Gasteiger partial charge in [0.1, 0.15) is 0 Å². The summed E-state index contributed by atoms with van der Waals surface area (Å²) in [6, 6.07) is 3.76. The number of carboxylic acid groups (broad SMARTS) is 1. The van der Waals surface area contributed by atoms with Crippen LogP contribution in [0, 0.1) is 5.82 Å². The zero-order valence-corrected chi connectivity index (χ0v) is 17.5. The van der Waals surface area contributed by atoms with Crippen LogP contribution in [-0.2, 0) is 9.53 Å². The van der Waals surface area contributed by atoms with Gasteiger partial charge < -0.3 is 19.6 Å². The van der Waals surface area contributed by atoms with E-state index in [4.69, 9.17) is 14.6 Å². The standard InChI is InChI=1S/C17H19FN4O2S.C2HF3O2/c18-13-10-19-16(20-11-13)22-7-8-24-17(12-22)3-5-21(6-4-17)15(23)14-2-1-9-25-14;3-2(4,5)1(6)7/h1-2,9-11H,3-8,12H2;(H,6,7). The van der Waals surface area contributed by atoms with Gasteiger partial charge in [-0.1, -0.05) is 6.07 Å². The van der Waals surface area contributed by atoms with Crippen molar-refractivity contribution in [3.05, 3.63) is 40.6 Å². The van der Waals surface area contributed by atoms with E-state index < -0.39 is 18.0 Å². The Hall–Kier alpha value is -2.80. The third kappa shape index (κ3) is 5.91. The Kier molecular flexibility index (Phi) is 7.29. The number of aromatic nitrogens is 2. The van der Waals surface area contributed by atoms with Gasteiger partial charge in [0.25, 0.3) is 5.91 Å². The van der Waals surface area contributed by atoms with Crippen LogP contribution in [0.3, 0.4) is 0 Å². The highest BCUT2D eigenvalue weighted by Crippen LogP contribution is 2.32. The SMILES string of the molecule is O=C(O)C(F)(F)F.O=C(c1cccs1)N1CCC2(CC1)CN(c1ncc(F)cn1)CCO2. The van der Waals surface area contributed by atoms with Gasteiger partial charge in [0, 0.05) is 19.6 Å². The maximum atomic E-state index is 13.0. The molecule has 2 aromatic heterocycles. The first-order valence-corrected chi connectivity index (χ1v) is 10.5. The van der Waals surface area contributed by atoms with Crippen molar-refractivity contribution < 1.29 is 37.0 Å². The average molecular weight is 476 g/mol. The largest absolute Gasteiger partial charge is 0.490 e. The molecule has 0 unspecified atom stereocenters. The Bertz CT molecular complexity index is 916. The summed E-state index contributed by atoms with van der Waals surface area (Å²) in [6.07, 6.45) is -1.15. The molecule has 13 heteroatoms. The molecular weight excluding hydrogens is 456 g/mol. The lowest BCUT2D eigenvalue weighted by atomic mass is 9.89. The number of likely N-dealkylation sites (tertiary alicyclic amines) is 1. The van der Waals surface area contributed by atoms with E-state index in [-0.39, 0.29) is 11.5 Å². The van der Waals surface area contributed by atoms with Gasteiger partial charge in [-0.3, -0.25) is 4.79 Å². The summed E-state index contributed by atoms with van der Waals surface area (Å²) in [6.45, 7) is 3.29. The van der Waals surface area contributed by atoms with E-state index in [0.717, 1.165) is 17.7 Å². The van der Waals surface area contributed by atoms with E-state index in [0.29, 0.717) is 38.7 Å². The van der Waals surface area contributed by atoms with Crippen molar-refractivity contribution in [1.82, 2.24) is 14.9 Å². The first-order chi connectivity index (χ1) is 15.1. The number of ether oxygens (including phenoxy) is 1. The summed E-state index contributed by atoms with van der Waals surface area (Å²) in [5, 5.41) is 9.05. The summed E-state index contributed by atoms with van der Waals surface area (Å²) < 4.78 is 50.9. The number of hydrogen-bond donors (Lipinski definition) is 1. The van der Waals surface area contributed by atoms with E-state index in [9.17, 15) is 22.4 Å². The minimum atomic E-state index is -5.08. The van der Waals surface area contributed by atoms with E-state index in [1.807, 2.05) is 27.3 Å². The number of rotatable bonds is 2. The van der Waals surface area contributed by atoms with Crippen molar-refractivity contribution in [1.29, 1.82) is 0 Å². The van der Waals surface area contributed by atoms with Crippen LogP contribution in [0.4, 0.5) is 23.5 Å². The van der Waals surface area contributed by atoms with Gasteiger partial charge in [0.2, 0.25) is 5.95 Å². The molecule has 2 fully saturated rings. The number of alkyl halides is 3. The molecule has 2 saturated heterocycles. The van der Waals surface area contributed by atoms with Crippen LogP contribution in [0.25, 0.3) is 0 Å². The maximum Gasteiger partial charge on any atom is 0.490 e. The van der Waals surface area contributed by atoms with Crippen LogP contribution >= 0.6 is 11.3 Å². The van der Waals surface area contributed by atoms with Crippen LogP contribution in [0.2, 0.25) is 0 Å². The zero-order valence-electron chi connectivity index (χ0n) is 16.7. The Morgan fingerprint density at radius 1 is 1.16 bits per heavy atom. The Morgan fingerprint density at radius 3 is 2.31 bits per heavy atom. The molecule has 2 aromatic rings. The normalized spacial score (nSPS) is 18.1. The fourth-order valence-electron chi connectivity index (χ4n) is 3.46. The zero-order chi connectivity index (χ0) is 23.4. The van der Waals surface area contributed by atoms with Crippen molar-refractivity contribution in [2.45, 2.75) is 24.6 Å². The third-order valence-electron chi connectivity index (χ3n) is 5.07. The Morgan fingerprint density at radius 2 is 1.78 bits per heavy atom. The maximum absolute atomic E-state index is 13.0. The first-order valence-electron chi connectivity index (χ1n) is 9.59. The molecule has 0 atom stereocenters. The summed E-state index contributed by atoms with van der Waals surface area (Å²) >= 11 is 1.47. The number of piperidine rings is 1. The number of amides is 1. The molecule has 2 aliphatic rings. The molecule has 0 saturated carbocycles. The second kappa shape index (κ2) is 9.77. The van der Waals surface area contributed by atoms with E-state index in [1.165, 1.54) is 23.7 Å². The Balaban J connectivity index is 0.000000360. The van der Waals surface area contributed by atoms with Gasteiger partial charge >= 0.3 is 12.1 Å². The quantitative estimate of drug-likeness (QED) is 0.666. The molecule has 8 nitrogen and oxygen atoms in total. The van der Waals surface area contributed by atoms with E-state index in [2.05, 4.69) is 9.97 Å². The lowest BCUT2D eigenvalue weighted by Gasteiger charge is -2.47. The third-order valence-corrected chi connectivity index (χ3v) is 5.93. The van der Waals surface area contributed by atoms with Crippen molar-refractivity contribution >= 4 is 29.2 Å². The van der Waals surface area contributed by atoms with Crippen LogP contribution < -0.4 is 4.90 Å². The predicted octanol–water partition coefficient (Wildman–Crippen LogP) is 2.82. The number of anilines is 1. The number of aliphatic carboxylic acids is 1. The van der Waals surface area contributed by atoms with Crippen molar-refractivity contribution in [3.8, 4) is 0 Å². The number of thiophene rings is 1. The molecule has 1 spiro atoms. The Labute approximate surface area is 184 Å². The van der Waals surface area contributed by atoms with Crippen LogP contribution in [0.1, 0.15) is 22.5 Å². The highest BCUT2D eigenvalue weighted by atomic mass is 32.1. The number of carbonyl (C=O) groups excluding carboxylic acids is 1. The van der Waals surface area contributed by atoms with Gasteiger partial charge in [-0.25, -0.2) is 19.2 Å². The number of morpholine rings is 1. The lowest BCUT2D eigenvalue weighted by Crippen LogP contribution is -2.57. The molecule has 4 rings (SSSR count). The molecule has 4 heterocycles. The van der Waals surface area contributed by atoms with Crippen molar-refractivity contribution in [2.75, 3.05) is 37.7 Å². The van der Waals surface area contributed by atoms with Gasteiger partial charge in [-0.15, -0.1) is 11.3 Å². The van der Waals surface area contributed by atoms with Gasteiger partial charge in [-0.2, -0.15) is 13.2 Å². The second-order valence-electron chi connectivity index (χ2n) is 7.23. The monoisotopic (exact) mass is 476 g/mol. The molecule has 1 N–H and O–H groups in total. The molecule has 32 heavy (non-hydrogen) atoms. The summed E-state index contributed by atoms with van der Waals surface area (Å²) in [5.41, 5.74) is -0.289. The van der Waals surface area contributed by atoms with Gasteiger partial charge in [0.05, 0.1) is 36.0 Å². The number of halogens is 4. The fourth-order valence-corrected chi connectivity index (χ4v) is 4.15. The first kappa shape index (κ1) is 23.9. The summed E-state index contributed by atoms with van der Waals surface area (Å²) in [7, 11) is 0. The summed E-state index contributed by atoms with van der Waals surface area (Å²) in [4.78, 5) is 34.2. The van der Waals surface area contributed by atoms with Crippen molar-refractivity contribution in [2.24, 2.45) is 0 Å². The molecule has 2 aliphatic heterocycles. The van der Waals surface area contributed by atoms with Gasteiger partial charge in [-0.05, 0) is 24.3 Å². The van der Waals surface area contributed by atoms with Gasteiger partial charge in [0.15, 0.2) is 5.82 Å². The van der Waals surface area contributed by atoms with Crippen LogP contribution in [0.15, 0.2) is 29.9 Å². The lowest BCUT2D eigenvalue weighted by molar-refractivity contribution is -0.192. The summed E-state index contributed by atoms with van der Waals surface area (Å²) in [5.74, 6) is -2.57. The minimum absolute atomic E-state index is 0.0967. The number of hydrogen-bond acceptors (Lipinski definition) is 7. The number of carboxylic acids is 1. The van der Waals surface area contributed by atoms with Crippen LogP contribution in [-0.4, -0.2) is 76.4 Å². The molecule has 0 radical (unpaired) electrons. The molecule has 174 valence electrons. The molecular formula is C19H20F4N4O4S. The minimum Gasteiger partial charge on any atom is -0.475 e. The highest BCUT2D eigenvalue weighted by molar-refractivity contribution is 7.12. The van der Waals surface area contributed by atoms with E-state index >= 15 is 0 Å². The van der Waals surface area contributed by atoms with Crippen LogP contribution in [0.5, 0.6) is 0 Å². The fraction of sp³-hybridized carbons (Fsp3) is 0.474.